The molecule has 2 unspecified atom stereocenters. The van der Waals surface area contributed by atoms with Crippen LogP contribution in [0, 0.1) is 0 Å². The van der Waals surface area contributed by atoms with Gasteiger partial charge in [-0.3, -0.25) is 9.36 Å². The molecule has 0 aromatic heterocycles. The molecule has 362 valence electrons. The van der Waals surface area contributed by atoms with Gasteiger partial charge in [-0.15, -0.1) is 0 Å². The summed E-state index contributed by atoms with van der Waals surface area (Å²) in [4.78, 5) is 25.2. The molecular formula is C54H94NO7P. The summed E-state index contributed by atoms with van der Waals surface area (Å²) in [5.74, 6) is -0.354. The van der Waals surface area contributed by atoms with Gasteiger partial charge in [-0.2, -0.15) is 0 Å². The molecule has 0 aromatic carbocycles. The molecule has 2 atom stereocenters. The number of ether oxygens (including phenoxy) is 2. The molecule has 63 heavy (non-hydrogen) atoms. The predicted molar refractivity (Wildman–Crippen MR) is 268 cm³/mol. The molecule has 0 aromatic rings. The second kappa shape index (κ2) is 46.0. The lowest BCUT2D eigenvalue weighted by Crippen LogP contribution is -2.37. The molecule has 0 heterocycles. The number of phosphoric ester groups is 1. The van der Waals surface area contributed by atoms with Crippen molar-refractivity contribution in [2.45, 2.75) is 187 Å². The number of phosphoric acid groups is 1. The van der Waals surface area contributed by atoms with Crippen molar-refractivity contribution < 1.29 is 37.3 Å². The monoisotopic (exact) mass is 900 g/mol. The summed E-state index contributed by atoms with van der Waals surface area (Å²) in [6.07, 6.45) is 62.8. The number of quaternary nitrogens is 1. The normalized spacial score (nSPS) is 14.4. The Hall–Kier alpha value is -2.58. The molecule has 0 radical (unpaired) electrons. The maximum Gasteiger partial charge on any atom is 0.306 e. The van der Waals surface area contributed by atoms with Gasteiger partial charge in [0.15, 0.2) is 0 Å². The van der Waals surface area contributed by atoms with Crippen LogP contribution in [0.15, 0.2) is 97.2 Å². The average Bonchev–Trinajstić information content (AvgIpc) is 3.24. The second-order valence-electron chi connectivity index (χ2n) is 17.4. The number of unbranched alkanes of at least 4 members (excludes halogenated alkanes) is 15. The molecular weight excluding hydrogens is 806 g/mol. The van der Waals surface area contributed by atoms with E-state index in [-0.39, 0.29) is 25.8 Å². The van der Waals surface area contributed by atoms with E-state index in [2.05, 4.69) is 111 Å². The Morgan fingerprint density at radius 3 is 1.38 bits per heavy atom. The molecule has 0 spiro atoms. The Kier molecular flexibility index (Phi) is 44.1. The van der Waals surface area contributed by atoms with E-state index in [0.717, 1.165) is 89.9 Å². The Morgan fingerprint density at radius 2 is 0.921 bits per heavy atom. The minimum atomic E-state index is -4.55. The summed E-state index contributed by atoms with van der Waals surface area (Å²) in [5, 5.41) is 0. The minimum absolute atomic E-state index is 0.0129. The standard InChI is InChI=1S/C54H94NO7P/c1-6-8-10-12-14-16-18-20-22-24-26-27-28-30-32-34-36-38-40-42-44-46-49-59-51-53(52-61-63(57,58)60-50-48-55(3,4)5)62-54(56)47-45-43-41-39-37-35-33-31-29-25-23-21-19-17-15-13-11-9-7-2/h8,10,14-17,20-23,26-27,30,32,36,38,53H,6-7,9,11-13,18-19,24-25,28-29,31,33-35,37,39-52H2,1-5H3/b10-8-,16-14-,17-15-,22-20-,23-21-,27-26-,32-30-,38-36-. The molecule has 8 nitrogen and oxygen atoms in total. The summed E-state index contributed by atoms with van der Waals surface area (Å²) in [6.45, 7) is 5.17. The highest BCUT2D eigenvalue weighted by molar-refractivity contribution is 7.45. The van der Waals surface area contributed by atoms with Crippen LogP contribution < -0.4 is 4.89 Å². The van der Waals surface area contributed by atoms with Gasteiger partial charge in [-0.25, -0.2) is 0 Å². The third-order valence-electron chi connectivity index (χ3n) is 10.1. The lowest BCUT2D eigenvalue weighted by molar-refractivity contribution is -0.870. The fraction of sp³-hybridized carbons (Fsp3) is 0.685. The Balaban J connectivity index is 4.27. The highest BCUT2D eigenvalue weighted by atomic mass is 31.2. The maximum absolute atomic E-state index is 12.7. The Morgan fingerprint density at radius 1 is 0.508 bits per heavy atom. The lowest BCUT2D eigenvalue weighted by atomic mass is 10.1. The van der Waals surface area contributed by atoms with Crippen molar-refractivity contribution in [2.75, 3.05) is 54.1 Å². The smallest absolute Gasteiger partial charge is 0.306 e. The van der Waals surface area contributed by atoms with Gasteiger partial charge >= 0.3 is 5.97 Å². The molecule has 0 amide bonds. The van der Waals surface area contributed by atoms with Crippen molar-refractivity contribution in [1.29, 1.82) is 0 Å². The highest BCUT2D eigenvalue weighted by Gasteiger charge is 2.20. The first-order valence-corrected chi connectivity index (χ1v) is 26.4. The van der Waals surface area contributed by atoms with Crippen LogP contribution in [0.1, 0.15) is 181 Å². The van der Waals surface area contributed by atoms with Gasteiger partial charge in [0.25, 0.3) is 7.82 Å². The summed E-state index contributed by atoms with van der Waals surface area (Å²) < 4.78 is 34.7. The fourth-order valence-electron chi connectivity index (χ4n) is 6.28. The number of likely N-dealkylation sites (N-methyl/N-ethyl adjacent to an activating group) is 1. The van der Waals surface area contributed by atoms with E-state index in [0.29, 0.717) is 24.1 Å². The van der Waals surface area contributed by atoms with Gasteiger partial charge in [0, 0.05) is 13.0 Å². The zero-order valence-corrected chi connectivity index (χ0v) is 41.9. The average molecular weight is 900 g/mol. The predicted octanol–water partition coefficient (Wildman–Crippen LogP) is 14.8. The van der Waals surface area contributed by atoms with Gasteiger partial charge in [-0.05, 0) is 96.3 Å². The quantitative estimate of drug-likeness (QED) is 0.0197. The van der Waals surface area contributed by atoms with Crippen LogP contribution in [0.4, 0.5) is 0 Å². The summed E-state index contributed by atoms with van der Waals surface area (Å²) in [6, 6.07) is 0. The Labute approximate surface area is 387 Å². The first-order chi connectivity index (χ1) is 30.6. The van der Waals surface area contributed by atoms with E-state index in [1.165, 1.54) is 70.6 Å². The molecule has 0 N–H and O–H groups in total. The van der Waals surface area contributed by atoms with Crippen LogP contribution in [-0.2, 0) is 27.9 Å². The fourth-order valence-corrected chi connectivity index (χ4v) is 7.01. The van der Waals surface area contributed by atoms with E-state index >= 15 is 0 Å². The minimum Gasteiger partial charge on any atom is -0.756 e. The molecule has 0 bridgehead atoms. The van der Waals surface area contributed by atoms with Gasteiger partial charge in [-0.1, -0.05) is 175 Å². The van der Waals surface area contributed by atoms with Crippen LogP contribution in [0.5, 0.6) is 0 Å². The number of esters is 1. The molecule has 0 aliphatic carbocycles. The van der Waals surface area contributed by atoms with E-state index in [4.69, 9.17) is 18.5 Å². The molecule has 9 heteroatoms. The van der Waals surface area contributed by atoms with Gasteiger partial charge in [0.05, 0.1) is 34.4 Å². The van der Waals surface area contributed by atoms with Crippen molar-refractivity contribution in [2.24, 2.45) is 0 Å². The van der Waals surface area contributed by atoms with E-state index < -0.39 is 13.9 Å². The number of carbonyl (C=O) groups is 1. The molecule has 0 saturated heterocycles. The van der Waals surface area contributed by atoms with Crippen molar-refractivity contribution in [3.05, 3.63) is 97.2 Å². The molecule has 0 aliphatic heterocycles. The van der Waals surface area contributed by atoms with Gasteiger partial charge < -0.3 is 27.9 Å². The number of hydrogen-bond acceptors (Lipinski definition) is 7. The largest absolute Gasteiger partial charge is 0.756 e. The van der Waals surface area contributed by atoms with E-state index in [1.54, 1.807) is 0 Å². The maximum atomic E-state index is 12.7. The van der Waals surface area contributed by atoms with E-state index in [1.807, 2.05) is 21.1 Å². The first-order valence-electron chi connectivity index (χ1n) is 25.0. The second-order valence-corrected chi connectivity index (χ2v) is 18.8. The number of nitrogens with zero attached hydrogens (tertiary/aromatic N) is 1. The summed E-state index contributed by atoms with van der Waals surface area (Å²) >= 11 is 0. The van der Waals surface area contributed by atoms with E-state index in [9.17, 15) is 14.3 Å². The molecule has 0 saturated carbocycles. The van der Waals surface area contributed by atoms with Gasteiger partial charge in [0.2, 0.25) is 0 Å². The zero-order chi connectivity index (χ0) is 46.2. The Bertz CT molecular complexity index is 1320. The van der Waals surface area contributed by atoms with Crippen LogP contribution in [-0.4, -0.2) is 70.7 Å². The summed E-state index contributed by atoms with van der Waals surface area (Å²) in [5.41, 5.74) is 0. The van der Waals surface area contributed by atoms with Crippen LogP contribution in [0.2, 0.25) is 0 Å². The van der Waals surface area contributed by atoms with Crippen molar-refractivity contribution in [1.82, 2.24) is 0 Å². The number of allylic oxidation sites excluding steroid dienone is 16. The van der Waals surface area contributed by atoms with Gasteiger partial charge in [0.1, 0.15) is 19.3 Å². The molecule has 0 rings (SSSR count). The summed E-state index contributed by atoms with van der Waals surface area (Å²) in [7, 11) is 1.31. The highest BCUT2D eigenvalue weighted by Crippen LogP contribution is 2.38. The van der Waals surface area contributed by atoms with Crippen molar-refractivity contribution >= 4 is 13.8 Å². The molecule has 0 fully saturated rings. The number of rotatable bonds is 45. The zero-order valence-electron chi connectivity index (χ0n) is 41.0. The number of carbonyl (C=O) groups excluding carboxylic acids is 1. The lowest BCUT2D eigenvalue weighted by Gasteiger charge is -2.28. The SMILES string of the molecule is CC/C=C\C/C=C\C/C=C\C/C=C\C/C=C\C/C=C\CCCCCOCC(COP(=O)([O-])OCC[N+](C)(C)C)OC(=O)CCCCCCCCCCC/C=C\C/C=C\CCCCC. The third-order valence-corrected chi connectivity index (χ3v) is 11.1. The van der Waals surface area contributed by atoms with Crippen LogP contribution in [0.3, 0.4) is 0 Å². The topological polar surface area (TPSA) is 94.1 Å². The van der Waals surface area contributed by atoms with Crippen molar-refractivity contribution in [3.63, 3.8) is 0 Å². The molecule has 0 aliphatic rings. The van der Waals surface area contributed by atoms with Crippen molar-refractivity contribution in [3.8, 4) is 0 Å². The number of hydrogen-bond donors (Lipinski definition) is 0. The first kappa shape index (κ1) is 60.4. The van der Waals surface area contributed by atoms with Crippen LogP contribution in [0.25, 0.3) is 0 Å². The van der Waals surface area contributed by atoms with Crippen LogP contribution >= 0.6 is 7.82 Å². The third kappa shape index (κ3) is 50.3.